The number of piperazine rings is 1. The Morgan fingerprint density at radius 3 is 2.41 bits per heavy atom. The molecular weight excluding hydrogens is 311 g/mol. The first-order valence-corrected chi connectivity index (χ1v) is 8.71. The number of rotatable bonds is 4. The van der Waals surface area contributed by atoms with Crippen molar-refractivity contribution in [3.8, 4) is 5.75 Å². The molecule has 1 aliphatic rings. The number of benzene rings is 1. The largest absolute Gasteiger partial charge is 0.494 e. The zero-order chi connectivity index (χ0) is 16.3. The van der Waals surface area contributed by atoms with Crippen LogP contribution in [0.25, 0.3) is 0 Å². The quantitative estimate of drug-likeness (QED) is 0.805. The molecule has 1 aliphatic heterocycles. The Hall–Kier alpha value is -1.67. The van der Waals surface area contributed by atoms with E-state index in [-0.39, 0.29) is 18.1 Å². The van der Waals surface area contributed by atoms with Gasteiger partial charge in [0.05, 0.1) is 19.8 Å². The Bertz CT molecular complexity index is 655. The minimum absolute atomic E-state index is 0.0831. The lowest BCUT2D eigenvalue weighted by atomic mass is 10.1. The van der Waals surface area contributed by atoms with Crippen LogP contribution in [0.3, 0.4) is 0 Å². The Balaban J connectivity index is 1.95. The summed E-state index contributed by atoms with van der Waals surface area (Å²) >= 11 is 0. The zero-order valence-electron chi connectivity index (χ0n) is 12.6. The van der Waals surface area contributed by atoms with E-state index in [1.54, 1.807) is 11.0 Å². The lowest BCUT2D eigenvalue weighted by Gasteiger charge is -2.33. The van der Waals surface area contributed by atoms with E-state index >= 15 is 0 Å². The normalized spacial score (nSPS) is 16.6. The number of halogens is 1. The highest BCUT2D eigenvalue weighted by atomic mass is 32.2. The van der Waals surface area contributed by atoms with Gasteiger partial charge in [-0.2, -0.15) is 4.31 Å². The number of amides is 1. The summed E-state index contributed by atoms with van der Waals surface area (Å²) in [7, 11) is -1.84. The maximum absolute atomic E-state index is 13.6. The van der Waals surface area contributed by atoms with Crippen molar-refractivity contribution in [2.75, 3.05) is 39.5 Å². The maximum atomic E-state index is 13.6. The van der Waals surface area contributed by atoms with Gasteiger partial charge in [0.2, 0.25) is 15.9 Å². The van der Waals surface area contributed by atoms with Crippen LogP contribution >= 0.6 is 0 Å². The van der Waals surface area contributed by atoms with Crippen LogP contribution in [0, 0.1) is 5.82 Å². The summed E-state index contributed by atoms with van der Waals surface area (Å²) < 4.78 is 42.6. The summed E-state index contributed by atoms with van der Waals surface area (Å²) in [6, 6.07) is 4.41. The molecule has 0 aromatic heterocycles. The first-order valence-electron chi connectivity index (χ1n) is 6.86. The summed E-state index contributed by atoms with van der Waals surface area (Å²) in [5.41, 5.74) is 0.564. The molecule has 1 fully saturated rings. The Morgan fingerprint density at radius 1 is 1.27 bits per heavy atom. The van der Waals surface area contributed by atoms with Gasteiger partial charge >= 0.3 is 0 Å². The average Bonchev–Trinajstić information content (AvgIpc) is 2.46. The standard InChI is InChI=1S/C14H19FN2O4S/c1-21-13-4-3-11(9-12(13)15)10-14(18)16-5-7-17(8-6-16)22(2,19)20/h3-4,9H,5-8,10H2,1-2H3. The lowest BCUT2D eigenvalue weighted by Crippen LogP contribution is -2.50. The monoisotopic (exact) mass is 330 g/mol. The van der Waals surface area contributed by atoms with Gasteiger partial charge in [-0.15, -0.1) is 0 Å². The van der Waals surface area contributed by atoms with Crippen LogP contribution in [-0.2, 0) is 21.2 Å². The minimum Gasteiger partial charge on any atom is -0.494 e. The van der Waals surface area contributed by atoms with Crippen molar-refractivity contribution in [2.45, 2.75) is 6.42 Å². The van der Waals surface area contributed by atoms with Crippen molar-refractivity contribution in [3.63, 3.8) is 0 Å². The Kier molecular flexibility index (Phi) is 5.02. The fourth-order valence-electron chi connectivity index (χ4n) is 2.38. The number of hydrogen-bond acceptors (Lipinski definition) is 4. The second kappa shape index (κ2) is 6.62. The van der Waals surface area contributed by atoms with Crippen molar-refractivity contribution in [2.24, 2.45) is 0 Å². The first kappa shape index (κ1) is 16.7. The van der Waals surface area contributed by atoms with E-state index in [1.165, 1.54) is 23.5 Å². The highest BCUT2D eigenvalue weighted by Gasteiger charge is 2.26. The molecule has 0 N–H and O–H groups in total. The highest BCUT2D eigenvalue weighted by Crippen LogP contribution is 2.18. The molecule has 0 unspecified atom stereocenters. The first-order chi connectivity index (χ1) is 10.3. The summed E-state index contributed by atoms with van der Waals surface area (Å²) in [4.78, 5) is 13.8. The molecule has 0 atom stereocenters. The molecular formula is C14H19FN2O4S. The van der Waals surface area contributed by atoms with Gasteiger partial charge in [-0.25, -0.2) is 12.8 Å². The van der Waals surface area contributed by atoms with Crippen LogP contribution in [0.4, 0.5) is 4.39 Å². The molecule has 1 aromatic carbocycles. The lowest BCUT2D eigenvalue weighted by molar-refractivity contribution is -0.131. The molecule has 8 heteroatoms. The van der Waals surface area contributed by atoms with Gasteiger partial charge in [0.15, 0.2) is 11.6 Å². The summed E-state index contributed by atoms with van der Waals surface area (Å²) in [6.07, 6.45) is 1.24. The van der Waals surface area contributed by atoms with Gasteiger partial charge in [-0.1, -0.05) is 6.07 Å². The van der Waals surface area contributed by atoms with E-state index in [0.717, 1.165) is 6.26 Å². The molecule has 0 aliphatic carbocycles. The fraction of sp³-hybridized carbons (Fsp3) is 0.500. The van der Waals surface area contributed by atoms with E-state index in [4.69, 9.17) is 4.74 Å². The van der Waals surface area contributed by atoms with E-state index < -0.39 is 15.8 Å². The number of carbonyl (C=O) groups excluding carboxylic acids is 1. The highest BCUT2D eigenvalue weighted by molar-refractivity contribution is 7.88. The molecule has 0 radical (unpaired) electrons. The third kappa shape index (κ3) is 3.95. The van der Waals surface area contributed by atoms with Crippen LogP contribution in [0.2, 0.25) is 0 Å². The minimum atomic E-state index is -3.22. The van der Waals surface area contributed by atoms with E-state index in [0.29, 0.717) is 31.7 Å². The molecule has 1 heterocycles. The molecule has 6 nitrogen and oxygen atoms in total. The topological polar surface area (TPSA) is 66.9 Å². The summed E-state index contributed by atoms with van der Waals surface area (Å²) in [5.74, 6) is -0.509. The van der Waals surface area contributed by atoms with Crippen molar-refractivity contribution in [3.05, 3.63) is 29.6 Å². The number of nitrogens with zero attached hydrogens (tertiary/aromatic N) is 2. The van der Waals surface area contributed by atoms with Gasteiger partial charge in [-0.3, -0.25) is 4.79 Å². The van der Waals surface area contributed by atoms with Gasteiger partial charge in [0.1, 0.15) is 0 Å². The van der Waals surface area contributed by atoms with Crippen molar-refractivity contribution in [1.82, 2.24) is 9.21 Å². The maximum Gasteiger partial charge on any atom is 0.227 e. The van der Waals surface area contributed by atoms with Crippen LogP contribution in [-0.4, -0.2) is 63.1 Å². The van der Waals surface area contributed by atoms with Crippen LogP contribution in [0.15, 0.2) is 18.2 Å². The number of ether oxygens (including phenoxy) is 1. The predicted molar refractivity (Wildman–Crippen MR) is 79.7 cm³/mol. The number of sulfonamides is 1. The number of hydrogen-bond donors (Lipinski definition) is 0. The molecule has 22 heavy (non-hydrogen) atoms. The molecule has 0 saturated carbocycles. The summed E-state index contributed by atoms with van der Waals surface area (Å²) in [6.45, 7) is 1.29. The predicted octanol–water partition coefficient (Wildman–Crippen LogP) is 0.481. The van der Waals surface area contributed by atoms with Crippen molar-refractivity contribution in [1.29, 1.82) is 0 Å². The van der Waals surface area contributed by atoms with Crippen molar-refractivity contribution < 1.29 is 22.3 Å². The Labute approximate surface area is 129 Å². The summed E-state index contributed by atoms with van der Waals surface area (Å²) in [5, 5.41) is 0. The van der Waals surface area contributed by atoms with Crippen molar-refractivity contribution >= 4 is 15.9 Å². The SMILES string of the molecule is COc1ccc(CC(=O)N2CCN(S(C)(=O)=O)CC2)cc1F. The molecule has 1 saturated heterocycles. The third-order valence-electron chi connectivity index (χ3n) is 3.63. The van der Waals surface area contributed by atoms with Crippen LogP contribution < -0.4 is 4.74 Å². The molecule has 122 valence electrons. The average molecular weight is 330 g/mol. The molecule has 2 rings (SSSR count). The van der Waals surface area contributed by atoms with Gasteiger partial charge in [0.25, 0.3) is 0 Å². The number of methoxy groups -OCH3 is 1. The molecule has 1 aromatic rings. The smallest absolute Gasteiger partial charge is 0.227 e. The molecule has 1 amide bonds. The fourth-order valence-corrected chi connectivity index (χ4v) is 3.20. The second-order valence-corrected chi connectivity index (χ2v) is 7.17. The molecule has 0 bridgehead atoms. The van der Waals surface area contributed by atoms with Crippen LogP contribution in [0.5, 0.6) is 5.75 Å². The Morgan fingerprint density at radius 2 is 1.91 bits per heavy atom. The van der Waals surface area contributed by atoms with Gasteiger partial charge in [0, 0.05) is 26.2 Å². The third-order valence-corrected chi connectivity index (χ3v) is 4.94. The zero-order valence-corrected chi connectivity index (χ0v) is 13.4. The van der Waals surface area contributed by atoms with Gasteiger partial charge in [-0.05, 0) is 17.7 Å². The van der Waals surface area contributed by atoms with Crippen LogP contribution in [0.1, 0.15) is 5.56 Å². The van der Waals surface area contributed by atoms with E-state index in [9.17, 15) is 17.6 Å². The van der Waals surface area contributed by atoms with E-state index in [1.807, 2.05) is 0 Å². The number of carbonyl (C=O) groups is 1. The second-order valence-electron chi connectivity index (χ2n) is 5.19. The van der Waals surface area contributed by atoms with Gasteiger partial charge < -0.3 is 9.64 Å². The molecule has 0 spiro atoms. The van der Waals surface area contributed by atoms with E-state index in [2.05, 4.69) is 0 Å².